The predicted molar refractivity (Wildman–Crippen MR) is 54.0 cm³/mol. The second-order valence-corrected chi connectivity index (χ2v) is 2.57. The lowest BCUT2D eigenvalue weighted by Crippen LogP contribution is -2.24. The Kier molecular flexibility index (Phi) is 6.36. The molecule has 80 valence electrons. The Balaban J connectivity index is 4.73. The zero-order valence-corrected chi connectivity index (χ0v) is 8.87. The van der Waals surface area contributed by atoms with Crippen LogP contribution in [0.2, 0.25) is 0 Å². The quantitative estimate of drug-likeness (QED) is 0.402. The third-order valence-corrected chi connectivity index (χ3v) is 1.47. The van der Waals surface area contributed by atoms with Crippen LogP contribution in [-0.2, 0) is 4.79 Å². The fourth-order valence-corrected chi connectivity index (χ4v) is 0.787. The second-order valence-electron chi connectivity index (χ2n) is 2.57. The molecular weight excluding hydrogens is 182 g/mol. The smallest absolute Gasteiger partial charge is 0.275 e. The molecule has 0 aromatic rings. The summed E-state index contributed by atoms with van der Waals surface area (Å²) in [7, 11) is 0. The van der Waals surface area contributed by atoms with Gasteiger partial charge >= 0.3 is 0 Å². The number of aliphatic hydroxyl groups is 1. The van der Waals surface area contributed by atoms with Crippen molar-refractivity contribution >= 4 is 5.91 Å². The van der Waals surface area contributed by atoms with Crippen LogP contribution in [0.15, 0.2) is 21.7 Å². The molecule has 0 unspecified atom stereocenters. The van der Waals surface area contributed by atoms with E-state index in [0.717, 1.165) is 0 Å². The van der Waals surface area contributed by atoms with Crippen molar-refractivity contribution in [1.82, 2.24) is 5.32 Å². The van der Waals surface area contributed by atoms with Gasteiger partial charge in [0.15, 0.2) is 5.70 Å². The van der Waals surface area contributed by atoms with Crippen LogP contribution in [0.4, 0.5) is 0 Å². The van der Waals surface area contributed by atoms with Crippen LogP contribution in [0.25, 0.3) is 0 Å². The van der Waals surface area contributed by atoms with Gasteiger partial charge in [-0.3, -0.25) is 4.79 Å². The van der Waals surface area contributed by atoms with E-state index in [1.54, 1.807) is 13.8 Å². The number of likely N-dealkylation sites (N-methyl/N-ethyl adjacent to an activating group) is 1. The average molecular weight is 199 g/mol. The fraction of sp³-hybridized carbons (Fsp3) is 0.667. The first-order chi connectivity index (χ1) is 6.67. The van der Waals surface area contributed by atoms with Crippen molar-refractivity contribution in [3.8, 4) is 0 Å². The molecule has 0 spiro atoms. The summed E-state index contributed by atoms with van der Waals surface area (Å²) in [5, 5.41) is 19.3. The number of allylic oxidation sites excluding steroid dienone is 1. The van der Waals surface area contributed by atoms with Crippen molar-refractivity contribution in [2.24, 2.45) is 10.2 Å². The van der Waals surface area contributed by atoms with Gasteiger partial charge in [0.2, 0.25) is 0 Å². The summed E-state index contributed by atoms with van der Waals surface area (Å²) >= 11 is 0. The Morgan fingerprint density at radius 1 is 1.36 bits per heavy atom. The zero-order chi connectivity index (χ0) is 11.0. The van der Waals surface area contributed by atoms with Crippen LogP contribution in [0.3, 0.4) is 0 Å². The molecule has 1 amide bonds. The molecule has 0 aromatic carbocycles. The molecule has 0 aliphatic carbocycles. The number of carbonyl (C=O) groups excluding carboxylic acids is 1. The highest BCUT2D eigenvalue weighted by molar-refractivity contribution is 5.93. The highest BCUT2D eigenvalue weighted by Gasteiger charge is 2.12. The lowest BCUT2D eigenvalue weighted by molar-refractivity contribution is -0.117. The molecule has 0 atom stereocenters. The van der Waals surface area contributed by atoms with E-state index < -0.39 is 0 Å². The van der Waals surface area contributed by atoms with Crippen molar-refractivity contribution in [3.63, 3.8) is 0 Å². The standard InChI is InChI=1S/C9H17N3O2/c1-4-7(13)8(12-11-6-3)9(14)10-5-2/h13H,4-6H2,1-3H3,(H,10,14)/b8-7+,12-11?. The van der Waals surface area contributed by atoms with Crippen LogP contribution in [0.5, 0.6) is 0 Å². The van der Waals surface area contributed by atoms with Crippen LogP contribution in [0, 0.1) is 0 Å². The number of hydrogen-bond donors (Lipinski definition) is 2. The van der Waals surface area contributed by atoms with Crippen LogP contribution >= 0.6 is 0 Å². The summed E-state index contributed by atoms with van der Waals surface area (Å²) in [6.45, 7) is 6.34. The van der Waals surface area contributed by atoms with Gasteiger partial charge in [-0.15, -0.1) is 5.11 Å². The molecule has 5 heteroatoms. The Labute approximate surface area is 83.9 Å². The molecule has 0 heterocycles. The van der Waals surface area contributed by atoms with Gasteiger partial charge in [0.1, 0.15) is 5.76 Å². The van der Waals surface area contributed by atoms with Gasteiger partial charge in [-0.25, -0.2) is 0 Å². The van der Waals surface area contributed by atoms with E-state index in [4.69, 9.17) is 0 Å². The molecule has 14 heavy (non-hydrogen) atoms. The Morgan fingerprint density at radius 2 is 2.00 bits per heavy atom. The third-order valence-electron chi connectivity index (χ3n) is 1.47. The van der Waals surface area contributed by atoms with Crippen molar-refractivity contribution in [1.29, 1.82) is 0 Å². The lowest BCUT2D eigenvalue weighted by atomic mass is 10.3. The van der Waals surface area contributed by atoms with Crippen molar-refractivity contribution in [3.05, 3.63) is 11.5 Å². The van der Waals surface area contributed by atoms with Gasteiger partial charge in [-0.1, -0.05) is 6.92 Å². The lowest BCUT2D eigenvalue weighted by Gasteiger charge is -2.03. The van der Waals surface area contributed by atoms with Crippen molar-refractivity contribution in [2.45, 2.75) is 27.2 Å². The maximum atomic E-state index is 11.4. The van der Waals surface area contributed by atoms with Gasteiger partial charge < -0.3 is 10.4 Å². The van der Waals surface area contributed by atoms with Crippen molar-refractivity contribution < 1.29 is 9.90 Å². The van der Waals surface area contributed by atoms with Gasteiger partial charge in [0.25, 0.3) is 5.91 Å². The number of hydrogen-bond acceptors (Lipinski definition) is 4. The van der Waals surface area contributed by atoms with Crippen LogP contribution in [0.1, 0.15) is 27.2 Å². The molecule has 0 aliphatic rings. The normalized spacial score (nSPS) is 12.8. The molecule has 0 saturated carbocycles. The summed E-state index contributed by atoms with van der Waals surface area (Å²) in [4.78, 5) is 11.4. The van der Waals surface area contributed by atoms with E-state index in [9.17, 15) is 9.90 Å². The second kappa shape index (κ2) is 7.06. The van der Waals surface area contributed by atoms with E-state index in [1.807, 2.05) is 6.92 Å². The summed E-state index contributed by atoms with van der Waals surface area (Å²) in [6.07, 6.45) is 0.370. The molecular formula is C9H17N3O2. The van der Waals surface area contributed by atoms with Crippen molar-refractivity contribution in [2.75, 3.05) is 13.1 Å². The Hall–Kier alpha value is -1.39. The summed E-state index contributed by atoms with van der Waals surface area (Å²) < 4.78 is 0. The van der Waals surface area contributed by atoms with E-state index in [1.165, 1.54) is 0 Å². The van der Waals surface area contributed by atoms with Gasteiger partial charge in [0.05, 0.1) is 6.54 Å². The number of rotatable bonds is 5. The highest BCUT2D eigenvalue weighted by atomic mass is 16.3. The average Bonchev–Trinajstić information content (AvgIpc) is 2.18. The first-order valence-electron chi connectivity index (χ1n) is 4.75. The van der Waals surface area contributed by atoms with E-state index >= 15 is 0 Å². The topological polar surface area (TPSA) is 74.0 Å². The molecule has 0 radical (unpaired) electrons. The van der Waals surface area contributed by atoms with E-state index in [-0.39, 0.29) is 17.4 Å². The minimum Gasteiger partial charge on any atom is -0.510 e. The number of azo groups is 1. The number of aliphatic hydroxyl groups excluding tert-OH is 1. The summed E-state index contributed by atoms with van der Waals surface area (Å²) in [5.74, 6) is -0.419. The van der Waals surface area contributed by atoms with Gasteiger partial charge in [0, 0.05) is 13.0 Å². The minimum absolute atomic E-state index is 0.0104. The molecule has 5 nitrogen and oxygen atoms in total. The minimum atomic E-state index is -0.385. The molecule has 0 aromatic heterocycles. The number of amides is 1. The fourth-order valence-electron chi connectivity index (χ4n) is 0.787. The first-order valence-corrected chi connectivity index (χ1v) is 4.75. The SMILES string of the molecule is CCN=N/C(C(=O)NCC)=C(/O)CC. The molecule has 0 bridgehead atoms. The zero-order valence-electron chi connectivity index (χ0n) is 8.87. The van der Waals surface area contributed by atoms with Gasteiger partial charge in [-0.2, -0.15) is 5.11 Å². The monoisotopic (exact) mass is 199 g/mol. The van der Waals surface area contributed by atoms with E-state index in [0.29, 0.717) is 19.5 Å². The maximum Gasteiger partial charge on any atom is 0.275 e. The summed E-state index contributed by atoms with van der Waals surface area (Å²) in [6, 6.07) is 0. The third kappa shape index (κ3) is 4.02. The first kappa shape index (κ1) is 12.6. The Morgan fingerprint density at radius 3 is 2.43 bits per heavy atom. The molecule has 0 saturated heterocycles. The molecule has 0 rings (SSSR count). The number of nitrogens with one attached hydrogen (secondary N) is 1. The highest BCUT2D eigenvalue weighted by Crippen LogP contribution is 2.07. The largest absolute Gasteiger partial charge is 0.510 e. The number of carbonyl (C=O) groups is 1. The Bertz CT molecular complexity index is 246. The van der Waals surface area contributed by atoms with E-state index in [2.05, 4.69) is 15.5 Å². The van der Waals surface area contributed by atoms with Crippen LogP contribution in [-0.4, -0.2) is 24.1 Å². The number of nitrogens with zero attached hydrogens (tertiary/aromatic N) is 2. The molecule has 0 aliphatic heterocycles. The summed E-state index contributed by atoms with van der Waals surface area (Å²) in [5.41, 5.74) is 0.0104. The molecule has 2 N–H and O–H groups in total. The van der Waals surface area contributed by atoms with Crippen LogP contribution < -0.4 is 5.32 Å². The van der Waals surface area contributed by atoms with Gasteiger partial charge in [-0.05, 0) is 13.8 Å². The predicted octanol–water partition coefficient (Wildman–Crippen LogP) is 1.77. The maximum absolute atomic E-state index is 11.4. The molecule has 0 fully saturated rings.